The van der Waals surface area contributed by atoms with Crippen molar-refractivity contribution in [1.82, 2.24) is 24.5 Å². The zero-order valence-corrected chi connectivity index (χ0v) is 18.4. The summed E-state index contributed by atoms with van der Waals surface area (Å²) >= 11 is 14.8. The molecular formula is C17H14BrCl2F3N6O. The zero-order valence-electron chi connectivity index (χ0n) is 15.3. The molecule has 160 valence electrons. The summed E-state index contributed by atoms with van der Waals surface area (Å²) < 4.78 is 41.2. The smallest absolute Gasteiger partial charge is 0.293 e. The Bertz CT molecular complexity index is 1080. The normalized spacial score (nSPS) is 11.7. The maximum Gasteiger partial charge on any atom is 0.436 e. The fourth-order valence-corrected chi connectivity index (χ4v) is 3.40. The average molecular weight is 526 g/mol. The fraction of sp³-hybridized carbons (Fsp3) is 0.294. The number of nitrogens with zero attached hydrogens (tertiary/aromatic N) is 5. The van der Waals surface area contributed by atoms with Crippen LogP contribution in [-0.2, 0) is 24.1 Å². The molecule has 0 saturated heterocycles. The molecule has 0 fully saturated rings. The molecule has 1 aromatic carbocycles. The van der Waals surface area contributed by atoms with E-state index >= 15 is 0 Å². The molecule has 0 radical (unpaired) electrons. The summed E-state index contributed by atoms with van der Waals surface area (Å²) in [4.78, 5) is 16.1. The number of halogens is 6. The number of carbonyl (C=O) groups is 1. The Morgan fingerprint density at radius 1 is 1.23 bits per heavy atom. The number of rotatable bonds is 6. The molecule has 1 amide bonds. The molecule has 0 spiro atoms. The van der Waals surface area contributed by atoms with Gasteiger partial charge < -0.3 is 0 Å². The Labute approximate surface area is 187 Å². The van der Waals surface area contributed by atoms with E-state index in [1.165, 1.54) is 17.9 Å². The molecule has 0 aliphatic heterocycles. The highest BCUT2D eigenvalue weighted by Crippen LogP contribution is 2.35. The van der Waals surface area contributed by atoms with Gasteiger partial charge in [0.25, 0.3) is 0 Å². The van der Waals surface area contributed by atoms with Gasteiger partial charge in [-0.2, -0.15) is 18.3 Å². The topological polar surface area (TPSA) is 77.6 Å². The monoisotopic (exact) mass is 524 g/mol. The van der Waals surface area contributed by atoms with E-state index in [2.05, 4.69) is 36.4 Å². The Morgan fingerprint density at radius 2 is 1.97 bits per heavy atom. The second kappa shape index (κ2) is 8.94. The third kappa shape index (κ3) is 5.32. The van der Waals surface area contributed by atoms with E-state index < -0.39 is 17.8 Å². The fourth-order valence-electron chi connectivity index (χ4n) is 2.57. The van der Waals surface area contributed by atoms with E-state index in [9.17, 15) is 18.0 Å². The highest BCUT2D eigenvalue weighted by molar-refractivity contribution is 9.10. The van der Waals surface area contributed by atoms with Crippen molar-refractivity contribution in [2.24, 2.45) is 0 Å². The van der Waals surface area contributed by atoms with Crippen molar-refractivity contribution in [3.8, 4) is 0 Å². The number of aromatic nitrogens is 5. The van der Waals surface area contributed by atoms with E-state index in [4.69, 9.17) is 23.2 Å². The van der Waals surface area contributed by atoms with Crippen LogP contribution >= 0.6 is 39.1 Å². The second-order valence-electron chi connectivity index (χ2n) is 6.28. The third-order valence-electron chi connectivity index (χ3n) is 4.07. The SMILES string of the molecule is Cc1c(Br)c(C(F)(F)F)nn1CCC(=O)Nc1ncn(Cc2ccc(Cl)c(Cl)c2)n1. The lowest BCUT2D eigenvalue weighted by molar-refractivity contribution is -0.142. The molecule has 0 saturated carbocycles. The van der Waals surface area contributed by atoms with Crippen molar-refractivity contribution >= 4 is 51.0 Å². The van der Waals surface area contributed by atoms with Gasteiger partial charge in [0.1, 0.15) is 6.33 Å². The van der Waals surface area contributed by atoms with Crippen LogP contribution in [0.15, 0.2) is 29.0 Å². The first-order chi connectivity index (χ1) is 14.0. The number of anilines is 1. The first-order valence-electron chi connectivity index (χ1n) is 8.48. The molecule has 3 aromatic rings. The minimum atomic E-state index is -4.58. The summed E-state index contributed by atoms with van der Waals surface area (Å²) in [5.74, 6) is -0.378. The van der Waals surface area contributed by atoms with Crippen molar-refractivity contribution in [2.75, 3.05) is 5.32 Å². The third-order valence-corrected chi connectivity index (χ3v) is 5.76. The lowest BCUT2D eigenvalue weighted by Crippen LogP contribution is -2.17. The van der Waals surface area contributed by atoms with Gasteiger partial charge in [-0.05, 0) is 40.5 Å². The summed E-state index contributed by atoms with van der Waals surface area (Å²) in [7, 11) is 0. The number of hydrogen-bond acceptors (Lipinski definition) is 4. The maximum absolute atomic E-state index is 12.9. The van der Waals surface area contributed by atoms with Crippen molar-refractivity contribution in [3.05, 3.63) is 56.0 Å². The van der Waals surface area contributed by atoms with E-state index in [-0.39, 0.29) is 29.1 Å². The van der Waals surface area contributed by atoms with Gasteiger partial charge in [-0.1, -0.05) is 29.3 Å². The van der Waals surface area contributed by atoms with Crippen LogP contribution < -0.4 is 5.32 Å². The second-order valence-corrected chi connectivity index (χ2v) is 7.89. The van der Waals surface area contributed by atoms with E-state index in [0.29, 0.717) is 16.6 Å². The summed E-state index contributed by atoms with van der Waals surface area (Å²) in [6.07, 6.45) is -3.25. The molecule has 2 aromatic heterocycles. The van der Waals surface area contributed by atoms with Crippen molar-refractivity contribution in [3.63, 3.8) is 0 Å². The van der Waals surface area contributed by atoms with Gasteiger partial charge in [0.2, 0.25) is 11.9 Å². The molecule has 2 heterocycles. The number of hydrogen-bond donors (Lipinski definition) is 1. The van der Waals surface area contributed by atoms with Crippen LogP contribution in [0.25, 0.3) is 0 Å². The molecule has 13 heteroatoms. The minimum Gasteiger partial charge on any atom is -0.293 e. The van der Waals surface area contributed by atoms with Gasteiger partial charge >= 0.3 is 6.18 Å². The molecule has 0 bridgehead atoms. The predicted octanol–water partition coefficient (Wildman–Crippen LogP) is 4.95. The Morgan fingerprint density at radius 3 is 2.60 bits per heavy atom. The summed E-state index contributed by atoms with van der Waals surface area (Å²) in [6.45, 7) is 1.81. The van der Waals surface area contributed by atoms with Crippen molar-refractivity contribution < 1.29 is 18.0 Å². The molecule has 3 rings (SSSR count). The Kier molecular flexibility index (Phi) is 6.73. The van der Waals surface area contributed by atoms with E-state index in [1.54, 1.807) is 18.2 Å². The standard InChI is InChI=1S/C17H14BrCl2F3N6O/c1-9-14(18)15(17(21,22)23)26-29(9)5-4-13(30)25-16-24-8-28(27-16)7-10-2-3-11(19)12(20)6-10/h2-3,6,8H,4-5,7H2,1H3,(H,25,27,30). The van der Waals surface area contributed by atoms with Crippen LogP contribution in [-0.4, -0.2) is 30.5 Å². The maximum atomic E-state index is 12.9. The lowest BCUT2D eigenvalue weighted by atomic mass is 10.2. The van der Waals surface area contributed by atoms with Crippen molar-refractivity contribution in [1.29, 1.82) is 0 Å². The zero-order chi connectivity index (χ0) is 22.1. The van der Waals surface area contributed by atoms with E-state index in [1.807, 2.05) is 0 Å². The highest BCUT2D eigenvalue weighted by atomic mass is 79.9. The quantitative estimate of drug-likeness (QED) is 0.494. The van der Waals surface area contributed by atoms with Gasteiger partial charge in [-0.15, -0.1) is 5.10 Å². The molecule has 0 atom stereocenters. The van der Waals surface area contributed by atoms with Crippen LogP contribution in [0, 0.1) is 6.92 Å². The molecule has 1 N–H and O–H groups in total. The molecule has 0 aliphatic carbocycles. The predicted molar refractivity (Wildman–Crippen MR) is 108 cm³/mol. The van der Waals surface area contributed by atoms with Crippen LogP contribution in [0.1, 0.15) is 23.4 Å². The number of nitrogens with one attached hydrogen (secondary N) is 1. The summed E-state index contributed by atoms with van der Waals surface area (Å²) in [5, 5.41) is 11.0. The molecule has 0 unspecified atom stereocenters. The van der Waals surface area contributed by atoms with Crippen LogP contribution in [0.2, 0.25) is 10.0 Å². The first kappa shape index (κ1) is 22.6. The van der Waals surface area contributed by atoms with Gasteiger partial charge in [0.05, 0.1) is 33.3 Å². The summed E-state index contributed by atoms with van der Waals surface area (Å²) in [5.41, 5.74) is 0.0923. The van der Waals surface area contributed by atoms with E-state index in [0.717, 1.165) is 10.2 Å². The van der Waals surface area contributed by atoms with Gasteiger partial charge in [-0.25, -0.2) is 9.67 Å². The minimum absolute atomic E-state index is 0.0314. The van der Waals surface area contributed by atoms with Crippen LogP contribution in [0.3, 0.4) is 0 Å². The number of benzene rings is 1. The van der Waals surface area contributed by atoms with Crippen LogP contribution in [0.5, 0.6) is 0 Å². The summed E-state index contributed by atoms with van der Waals surface area (Å²) in [6, 6.07) is 5.15. The number of amides is 1. The number of carbonyl (C=O) groups excluding carboxylic acids is 1. The van der Waals surface area contributed by atoms with Gasteiger partial charge in [-0.3, -0.25) is 14.8 Å². The number of aryl methyl sites for hydroxylation is 1. The number of alkyl halides is 3. The van der Waals surface area contributed by atoms with Crippen LogP contribution in [0.4, 0.5) is 19.1 Å². The van der Waals surface area contributed by atoms with Crippen molar-refractivity contribution in [2.45, 2.75) is 32.6 Å². The average Bonchev–Trinajstić information content (AvgIpc) is 3.21. The van der Waals surface area contributed by atoms with Gasteiger partial charge in [0.15, 0.2) is 5.69 Å². The highest BCUT2D eigenvalue weighted by Gasteiger charge is 2.37. The molecule has 30 heavy (non-hydrogen) atoms. The lowest BCUT2D eigenvalue weighted by Gasteiger charge is -2.05. The Hall–Kier alpha value is -2.11. The first-order valence-corrected chi connectivity index (χ1v) is 10.0. The molecular weight excluding hydrogens is 512 g/mol. The molecule has 0 aliphatic rings. The Balaban J connectivity index is 1.58. The largest absolute Gasteiger partial charge is 0.436 e. The van der Waals surface area contributed by atoms with Gasteiger partial charge in [0, 0.05) is 6.42 Å². The molecule has 7 nitrogen and oxygen atoms in total.